The van der Waals surface area contributed by atoms with Crippen molar-refractivity contribution in [2.75, 3.05) is 26.6 Å². The number of anilines is 1. The second-order valence-electron chi connectivity index (χ2n) is 11.3. The number of nitrogens with two attached hydrogens (primary N) is 1. The van der Waals surface area contributed by atoms with E-state index < -0.39 is 54.3 Å². The molecule has 254 valence electrons. The van der Waals surface area contributed by atoms with E-state index in [0.717, 1.165) is 0 Å². The summed E-state index contributed by atoms with van der Waals surface area (Å²) in [4.78, 5) is 49.4. The van der Waals surface area contributed by atoms with E-state index in [1.165, 1.54) is 47.3 Å². The van der Waals surface area contributed by atoms with E-state index in [2.05, 4.69) is 5.32 Å². The minimum Gasteiger partial charge on any atom is -0.492 e. The van der Waals surface area contributed by atoms with E-state index >= 15 is 0 Å². The molecular formula is C33H46N2O11. The summed E-state index contributed by atoms with van der Waals surface area (Å²) < 4.78 is 33.4. The molecule has 13 heteroatoms. The zero-order valence-electron chi connectivity index (χ0n) is 27.9. The van der Waals surface area contributed by atoms with E-state index in [1.54, 1.807) is 39.0 Å². The lowest BCUT2D eigenvalue weighted by Crippen LogP contribution is -2.37. The number of ether oxygens (including phenoxy) is 6. The van der Waals surface area contributed by atoms with E-state index in [0.29, 0.717) is 17.6 Å². The number of fused-ring (bicyclic) bond motifs is 2. The van der Waals surface area contributed by atoms with Crippen LogP contribution >= 0.6 is 0 Å². The molecule has 0 saturated carbocycles. The van der Waals surface area contributed by atoms with Gasteiger partial charge in [0.15, 0.2) is 23.4 Å². The number of carbonyl (C=O) groups is 4. The first-order chi connectivity index (χ1) is 21.6. The first-order valence-electron chi connectivity index (χ1n) is 14.8. The Kier molecular flexibility index (Phi) is 14.4. The number of nitrogens with one attached hydrogen (secondary N) is 1. The smallest absolute Gasteiger partial charge is 0.405 e. The first kappa shape index (κ1) is 38.0. The minimum atomic E-state index is -1.01. The van der Waals surface area contributed by atoms with Crippen LogP contribution in [0, 0.1) is 11.8 Å². The minimum absolute atomic E-state index is 0.0109. The van der Waals surface area contributed by atoms with Gasteiger partial charge in [-0.2, -0.15) is 0 Å². The molecule has 0 spiro atoms. The van der Waals surface area contributed by atoms with Gasteiger partial charge in [0, 0.05) is 51.2 Å². The highest BCUT2D eigenvalue weighted by Gasteiger charge is 2.31. The van der Waals surface area contributed by atoms with Crippen LogP contribution in [0.25, 0.3) is 0 Å². The molecule has 6 atom stereocenters. The summed E-state index contributed by atoms with van der Waals surface area (Å²) in [6, 6.07) is 1.35. The molecule has 46 heavy (non-hydrogen) atoms. The third-order valence-corrected chi connectivity index (χ3v) is 7.45. The van der Waals surface area contributed by atoms with Crippen LogP contribution < -0.4 is 25.3 Å². The Bertz CT molecular complexity index is 1370. The number of amides is 2. The maximum absolute atomic E-state index is 13.4. The molecule has 4 N–H and O–H groups in total. The number of carbonyl (C=O) groups excluding carboxylic acids is 4. The summed E-state index contributed by atoms with van der Waals surface area (Å²) in [5, 5.41) is 14.1. The molecule has 2 bridgehead atoms. The van der Waals surface area contributed by atoms with Gasteiger partial charge >= 0.3 is 18.0 Å². The lowest BCUT2D eigenvalue weighted by atomic mass is 9.87. The van der Waals surface area contributed by atoms with Crippen LogP contribution in [0.2, 0.25) is 0 Å². The maximum Gasteiger partial charge on any atom is 0.405 e. The van der Waals surface area contributed by atoms with Gasteiger partial charge in [-0.3, -0.25) is 14.4 Å². The van der Waals surface area contributed by atoms with Gasteiger partial charge in [0.1, 0.15) is 6.10 Å². The average Bonchev–Trinajstić information content (AvgIpc) is 2.97. The van der Waals surface area contributed by atoms with E-state index in [9.17, 15) is 24.3 Å². The maximum atomic E-state index is 13.4. The molecular weight excluding hydrogens is 600 g/mol. The zero-order chi connectivity index (χ0) is 34.7. The van der Waals surface area contributed by atoms with Crippen LogP contribution in [-0.2, 0) is 35.0 Å². The first-order valence-corrected chi connectivity index (χ1v) is 14.8. The fourth-order valence-electron chi connectivity index (χ4n) is 5.27. The summed E-state index contributed by atoms with van der Waals surface area (Å²) in [7, 11) is 4.30. The van der Waals surface area contributed by atoms with Gasteiger partial charge in [-0.1, -0.05) is 38.2 Å². The number of methoxy groups -OCH3 is 3. The summed E-state index contributed by atoms with van der Waals surface area (Å²) >= 11 is 0. The molecule has 2 amide bonds. The number of aliphatic hydroxyl groups excluding tert-OH is 1. The number of hydrogen-bond acceptors (Lipinski definition) is 11. The third kappa shape index (κ3) is 10.4. The number of allylic oxidation sites excluding steroid dienone is 2. The lowest BCUT2D eigenvalue weighted by molar-refractivity contribution is -0.133. The van der Waals surface area contributed by atoms with Crippen molar-refractivity contribution in [1.29, 1.82) is 0 Å². The van der Waals surface area contributed by atoms with Gasteiger partial charge < -0.3 is 44.6 Å². The van der Waals surface area contributed by atoms with Crippen molar-refractivity contribution >= 4 is 29.6 Å². The molecule has 0 saturated heterocycles. The Labute approximate surface area is 269 Å². The zero-order valence-corrected chi connectivity index (χ0v) is 27.9. The SMILES string of the molecule is COc1c(OC(C)=O)cc2c(OC(C)=O)c1C[C@@H](C)C[C@@H](OC)[C@@H](O)[C@@H](C)/C=C(/C)[C@@H](OC(N)=O)[C@@H](OC)/C=C\C=C(\C)C(=O)N2. The molecule has 0 radical (unpaired) electrons. The second-order valence-corrected chi connectivity index (χ2v) is 11.3. The van der Waals surface area contributed by atoms with Crippen molar-refractivity contribution < 1.29 is 52.7 Å². The molecule has 1 aromatic rings. The fourth-order valence-corrected chi connectivity index (χ4v) is 5.27. The predicted octanol–water partition coefficient (Wildman–Crippen LogP) is 4.01. The number of benzene rings is 1. The topological polar surface area (TPSA) is 182 Å². The van der Waals surface area contributed by atoms with Crippen molar-refractivity contribution in [2.24, 2.45) is 17.6 Å². The highest BCUT2D eigenvalue weighted by Crippen LogP contribution is 2.45. The highest BCUT2D eigenvalue weighted by atomic mass is 16.6. The molecule has 13 nitrogen and oxygen atoms in total. The fraction of sp³-hybridized carbons (Fsp3) is 0.515. The molecule has 0 unspecified atom stereocenters. The van der Waals surface area contributed by atoms with E-state index in [-0.39, 0.29) is 40.8 Å². The number of esters is 2. The summed E-state index contributed by atoms with van der Waals surface area (Å²) in [6.07, 6.45) is 2.57. The quantitative estimate of drug-likeness (QED) is 0.231. The molecule has 1 heterocycles. The third-order valence-electron chi connectivity index (χ3n) is 7.45. The Morgan fingerprint density at radius 1 is 1.00 bits per heavy atom. The van der Waals surface area contributed by atoms with Gasteiger partial charge in [-0.05, 0) is 38.2 Å². The van der Waals surface area contributed by atoms with Crippen LogP contribution in [0.15, 0.2) is 41.5 Å². The largest absolute Gasteiger partial charge is 0.492 e. The monoisotopic (exact) mass is 646 g/mol. The molecule has 1 aliphatic heterocycles. The standard InChI is InChI=1S/C33H46N2O11/c1-17-13-23-30(45-22(6)37)24(16-27(31(23)43-9)44-21(5)36)35-32(39)18(2)11-10-12-25(41-7)29(46-33(34)40)20(4)15-19(3)28(38)26(14-17)42-8/h10-12,15-17,19,25-26,28-29,38H,13-14H2,1-9H3,(H2,34,40)(H,35,39)/b12-10-,18-11-,20-15-/t17-,19+,25+,26-,28+,29-/m1/s1. The van der Waals surface area contributed by atoms with Crippen LogP contribution in [-0.4, -0.2) is 74.8 Å². The number of rotatable bonds is 6. The van der Waals surface area contributed by atoms with Crippen molar-refractivity contribution in [3.8, 4) is 17.2 Å². The van der Waals surface area contributed by atoms with Gasteiger partial charge in [0.25, 0.3) is 5.91 Å². The van der Waals surface area contributed by atoms with Gasteiger partial charge in [0.05, 0.1) is 25.0 Å². The van der Waals surface area contributed by atoms with Gasteiger partial charge in [-0.15, -0.1) is 0 Å². The Hall–Kier alpha value is -4.20. The van der Waals surface area contributed by atoms with Gasteiger partial charge in [-0.25, -0.2) is 4.79 Å². The summed E-state index contributed by atoms with van der Waals surface area (Å²) in [5.41, 5.74) is 6.62. The van der Waals surface area contributed by atoms with Crippen LogP contribution in [0.1, 0.15) is 53.5 Å². The Morgan fingerprint density at radius 2 is 1.65 bits per heavy atom. The molecule has 1 aliphatic rings. The van der Waals surface area contributed by atoms with Gasteiger partial charge in [0.2, 0.25) is 0 Å². The second kappa shape index (κ2) is 17.5. The van der Waals surface area contributed by atoms with Crippen molar-refractivity contribution in [3.05, 3.63) is 47.1 Å². The highest BCUT2D eigenvalue weighted by molar-refractivity contribution is 6.05. The molecule has 0 aromatic heterocycles. The average molecular weight is 647 g/mol. The molecule has 2 rings (SSSR count). The number of hydrogen-bond donors (Lipinski definition) is 3. The van der Waals surface area contributed by atoms with Crippen molar-refractivity contribution in [2.45, 2.75) is 78.8 Å². The van der Waals surface area contributed by atoms with E-state index in [1.807, 2.05) is 6.92 Å². The molecule has 0 fully saturated rings. The Morgan fingerprint density at radius 3 is 2.20 bits per heavy atom. The number of aliphatic hydroxyl groups is 1. The summed E-state index contributed by atoms with van der Waals surface area (Å²) in [6.45, 7) is 9.43. The lowest BCUT2D eigenvalue weighted by Gasteiger charge is -2.30. The number of primary amides is 1. The normalized spacial score (nSPS) is 27.6. The van der Waals surface area contributed by atoms with Crippen LogP contribution in [0.5, 0.6) is 17.2 Å². The van der Waals surface area contributed by atoms with E-state index in [4.69, 9.17) is 34.2 Å². The van der Waals surface area contributed by atoms with Crippen molar-refractivity contribution in [3.63, 3.8) is 0 Å². The Balaban J connectivity index is 2.84. The predicted molar refractivity (Wildman–Crippen MR) is 170 cm³/mol. The van der Waals surface area contributed by atoms with Crippen LogP contribution in [0.4, 0.5) is 10.5 Å². The molecule has 0 aliphatic carbocycles. The summed E-state index contributed by atoms with van der Waals surface area (Å²) in [5.74, 6) is -2.36. The van der Waals surface area contributed by atoms with Crippen molar-refractivity contribution in [1.82, 2.24) is 0 Å². The molecule has 1 aromatic carbocycles. The van der Waals surface area contributed by atoms with Crippen LogP contribution in [0.3, 0.4) is 0 Å².